The molecule has 2 rings (SSSR count). The second-order valence-electron chi connectivity index (χ2n) is 4.55. The Labute approximate surface area is 107 Å². The maximum absolute atomic E-state index is 6.01. The summed E-state index contributed by atoms with van der Waals surface area (Å²) in [5, 5.41) is 0.734. The number of benzene rings is 1. The lowest BCUT2D eigenvalue weighted by molar-refractivity contribution is 0.413. The summed E-state index contributed by atoms with van der Waals surface area (Å²) in [6, 6.07) is 5.99. The molecule has 1 atom stereocenters. The molecule has 0 amide bonds. The minimum Gasteiger partial charge on any atom is -0.496 e. The summed E-state index contributed by atoms with van der Waals surface area (Å²) in [4.78, 5) is 0. The molecule has 0 radical (unpaired) electrons. The molecular weight excluding hydrogens is 234 g/mol. The predicted octanol–water partition coefficient (Wildman–Crippen LogP) is 3.63. The molecule has 2 N–H and O–H groups in total. The first-order valence-corrected chi connectivity index (χ1v) is 6.35. The lowest BCUT2D eigenvalue weighted by Crippen LogP contribution is -2.23. The molecule has 17 heavy (non-hydrogen) atoms. The minimum atomic E-state index is 0.306. The molecule has 0 aromatic heterocycles. The molecule has 0 spiro atoms. The second kappa shape index (κ2) is 5.56. The van der Waals surface area contributed by atoms with Crippen LogP contribution >= 0.6 is 11.6 Å². The molecular formula is C14H18ClNO. The van der Waals surface area contributed by atoms with E-state index in [1.807, 2.05) is 18.2 Å². The van der Waals surface area contributed by atoms with Crippen molar-refractivity contribution >= 4 is 17.7 Å². The molecule has 1 unspecified atom stereocenters. The number of methoxy groups -OCH3 is 1. The molecule has 0 saturated heterocycles. The van der Waals surface area contributed by atoms with Crippen LogP contribution in [0.2, 0.25) is 5.02 Å². The molecule has 1 fully saturated rings. The van der Waals surface area contributed by atoms with Crippen molar-refractivity contribution in [3.63, 3.8) is 0 Å². The van der Waals surface area contributed by atoms with Gasteiger partial charge in [-0.1, -0.05) is 23.3 Å². The number of nitrogens with two attached hydrogens (primary N) is 1. The molecule has 1 aliphatic rings. The van der Waals surface area contributed by atoms with E-state index in [2.05, 4.69) is 6.08 Å². The van der Waals surface area contributed by atoms with E-state index >= 15 is 0 Å². The lowest BCUT2D eigenvalue weighted by Gasteiger charge is -2.20. The lowest BCUT2D eigenvalue weighted by atomic mass is 9.90. The Kier molecular flexibility index (Phi) is 4.08. The molecule has 1 aromatic rings. The SMILES string of the molecule is COc1ccc(Cl)cc1C=C1CCCC(N)C1. The summed E-state index contributed by atoms with van der Waals surface area (Å²) in [5.74, 6) is 0.862. The molecule has 0 aliphatic heterocycles. The van der Waals surface area contributed by atoms with Crippen LogP contribution in [0, 0.1) is 0 Å². The van der Waals surface area contributed by atoms with Gasteiger partial charge in [0, 0.05) is 16.6 Å². The summed E-state index contributed by atoms with van der Waals surface area (Å²) < 4.78 is 5.33. The Morgan fingerprint density at radius 1 is 1.47 bits per heavy atom. The first kappa shape index (κ1) is 12.5. The van der Waals surface area contributed by atoms with Crippen LogP contribution in [-0.2, 0) is 0 Å². The van der Waals surface area contributed by atoms with Gasteiger partial charge in [-0.05, 0) is 43.9 Å². The summed E-state index contributed by atoms with van der Waals surface area (Å²) in [5.41, 5.74) is 8.42. The van der Waals surface area contributed by atoms with E-state index < -0.39 is 0 Å². The molecule has 0 heterocycles. The van der Waals surface area contributed by atoms with Gasteiger partial charge in [-0.15, -0.1) is 0 Å². The third kappa shape index (κ3) is 3.24. The van der Waals surface area contributed by atoms with E-state index in [0.717, 1.165) is 35.6 Å². The highest BCUT2D eigenvalue weighted by Gasteiger charge is 2.13. The van der Waals surface area contributed by atoms with Gasteiger partial charge in [-0.2, -0.15) is 0 Å². The Bertz CT molecular complexity index is 428. The zero-order chi connectivity index (χ0) is 12.3. The Morgan fingerprint density at radius 2 is 2.29 bits per heavy atom. The third-order valence-electron chi connectivity index (χ3n) is 3.15. The van der Waals surface area contributed by atoms with Crippen LogP contribution in [0.3, 0.4) is 0 Å². The maximum Gasteiger partial charge on any atom is 0.126 e. The number of rotatable bonds is 2. The quantitative estimate of drug-likeness (QED) is 0.871. The largest absolute Gasteiger partial charge is 0.496 e. The molecule has 92 valence electrons. The highest BCUT2D eigenvalue weighted by Crippen LogP contribution is 2.29. The zero-order valence-electron chi connectivity index (χ0n) is 10.1. The second-order valence-corrected chi connectivity index (χ2v) is 4.98. The maximum atomic E-state index is 6.01. The fourth-order valence-electron chi connectivity index (χ4n) is 2.30. The van der Waals surface area contributed by atoms with Crippen molar-refractivity contribution in [2.75, 3.05) is 7.11 Å². The van der Waals surface area contributed by atoms with Crippen molar-refractivity contribution in [3.8, 4) is 5.75 Å². The number of ether oxygens (including phenoxy) is 1. The van der Waals surface area contributed by atoms with Crippen molar-refractivity contribution in [1.82, 2.24) is 0 Å². The van der Waals surface area contributed by atoms with E-state index in [9.17, 15) is 0 Å². The van der Waals surface area contributed by atoms with Gasteiger partial charge in [0.25, 0.3) is 0 Å². The molecule has 2 nitrogen and oxygen atoms in total. The van der Waals surface area contributed by atoms with Crippen LogP contribution < -0.4 is 10.5 Å². The van der Waals surface area contributed by atoms with Crippen LogP contribution in [0.4, 0.5) is 0 Å². The Hall–Kier alpha value is -0.990. The smallest absolute Gasteiger partial charge is 0.126 e. The average molecular weight is 252 g/mol. The van der Waals surface area contributed by atoms with E-state index in [1.54, 1.807) is 7.11 Å². The van der Waals surface area contributed by atoms with Gasteiger partial charge in [-0.25, -0.2) is 0 Å². The van der Waals surface area contributed by atoms with Crippen molar-refractivity contribution < 1.29 is 4.74 Å². The minimum absolute atomic E-state index is 0.306. The van der Waals surface area contributed by atoms with Gasteiger partial charge in [0.15, 0.2) is 0 Å². The number of hydrogen-bond acceptors (Lipinski definition) is 2. The standard InChI is InChI=1S/C14H18ClNO/c1-17-14-6-5-12(15)9-11(14)7-10-3-2-4-13(16)8-10/h5-7,9,13H,2-4,8,16H2,1H3. The Balaban J connectivity index is 2.27. The summed E-state index contributed by atoms with van der Waals surface area (Å²) in [6.07, 6.45) is 6.59. The topological polar surface area (TPSA) is 35.2 Å². The van der Waals surface area contributed by atoms with Crippen LogP contribution in [-0.4, -0.2) is 13.2 Å². The van der Waals surface area contributed by atoms with Crippen molar-refractivity contribution in [3.05, 3.63) is 34.4 Å². The van der Waals surface area contributed by atoms with E-state index in [-0.39, 0.29) is 0 Å². The number of halogens is 1. The number of hydrogen-bond donors (Lipinski definition) is 1. The third-order valence-corrected chi connectivity index (χ3v) is 3.38. The van der Waals surface area contributed by atoms with Gasteiger partial charge < -0.3 is 10.5 Å². The van der Waals surface area contributed by atoms with Gasteiger partial charge in [0.05, 0.1) is 7.11 Å². The Morgan fingerprint density at radius 3 is 3.00 bits per heavy atom. The first-order chi connectivity index (χ1) is 8.19. The van der Waals surface area contributed by atoms with Crippen molar-refractivity contribution in [1.29, 1.82) is 0 Å². The van der Waals surface area contributed by atoms with E-state index in [1.165, 1.54) is 12.0 Å². The zero-order valence-corrected chi connectivity index (χ0v) is 10.8. The predicted molar refractivity (Wildman–Crippen MR) is 72.4 cm³/mol. The van der Waals surface area contributed by atoms with E-state index in [4.69, 9.17) is 22.1 Å². The van der Waals surface area contributed by atoms with Gasteiger partial charge in [0.2, 0.25) is 0 Å². The summed E-state index contributed by atoms with van der Waals surface area (Å²) in [6.45, 7) is 0. The highest BCUT2D eigenvalue weighted by molar-refractivity contribution is 6.30. The summed E-state index contributed by atoms with van der Waals surface area (Å²) in [7, 11) is 1.68. The summed E-state index contributed by atoms with van der Waals surface area (Å²) >= 11 is 6.01. The first-order valence-electron chi connectivity index (χ1n) is 5.97. The van der Waals surface area contributed by atoms with Crippen molar-refractivity contribution in [2.24, 2.45) is 5.73 Å². The fraction of sp³-hybridized carbons (Fsp3) is 0.429. The average Bonchev–Trinajstić information content (AvgIpc) is 2.29. The van der Waals surface area contributed by atoms with E-state index in [0.29, 0.717) is 6.04 Å². The van der Waals surface area contributed by atoms with Crippen molar-refractivity contribution in [2.45, 2.75) is 31.7 Å². The van der Waals surface area contributed by atoms with Crippen LogP contribution in [0.1, 0.15) is 31.2 Å². The fourth-order valence-corrected chi connectivity index (χ4v) is 2.48. The molecule has 3 heteroatoms. The monoisotopic (exact) mass is 251 g/mol. The highest BCUT2D eigenvalue weighted by atomic mass is 35.5. The van der Waals surface area contributed by atoms with Crippen LogP contribution in [0.25, 0.3) is 6.08 Å². The molecule has 0 bridgehead atoms. The molecule has 1 saturated carbocycles. The van der Waals surface area contributed by atoms with Crippen LogP contribution in [0.5, 0.6) is 5.75 Å². The van der Waals surface area contributed by atoms with Gasteiger partial charge in [-0.3, -0.25) is 0 Å². The van der Waals surface area contributed by atoms with Gasteiger partial charge in [0.1, 0.15) is 5.75 Å². The van der Waals surface area contributed by atoms with Crippen LogP contribution in [0.15, 0.2) is 23.8 Å². The van der Waals surface area contributed by atoms with Gasteiger partial charge >= 0.3 is 0 Å². The molecule has 1 aliphatic carbocycles. The normalized spacial score (nSPS) is 22.8. The molecule has 1 aromatic carbocycles.